The molecule has 2 atom stereocenters. The summed E-state index contributed by atoms with van der Waals surface area (Å²) in [6.07, 6.45) is -5.51. The Morgan fingerprint density at radius 2 is 1.81 bits per heavy atom. The maximum atomic E-state index is 14.5. The summed E-state index contributed by atoms with van der Waals surface area (Å²) in [5.41, 5.74) is 2.37. The van der Waals surface area contributed by atoms with Crippen LogP contribution in [-0.4, -0.2) is 52.9 Å². The standard InChI is InChI=1S/C26H19F6N5O4S/c27-8-24(22(33)39)10-41-20-14(24)7-17(36-18(20)11-1-3-13(28)4-2-11)25(40,26(30,31)32)9-35-21(38)12-5-15(29)19-16(6-12)42-23(34)37-19/h1-7,40H,8-10H2,(H2,33,39)(H2,34,37)(H,35,38)/t24-,25?/m0/s1. The van der Waals surface area contributed by atoms with Crippen LogP contribution < -0.4 is 21.5 Å². The molecular formula is C26H19F6N5O4S. The molecule has 220 valence electrons. The second-order valence-corrected chi connectivity index (χ2v) is 10.6. The molecule has 2 aromatic carbocycles. The summed E-state index contributed by atoms with van der Waals surface area (Å²) >= 11 is 0.842. The molecule has 0 bridgehead atoms. The van der Waals surface area contributed by atoms with Gasteiger partial charge >= 0.3 is 6.18 Å². The molecular weight excluding hydrogens is 592 g/mol. The van der Waals surface area contributed by atoms with Crippen LogP contribution in [0.15, 0.2) is 42.5 Å². The minimum absolute atomic E-state index is 0.00292. The van der Waals surface area contributed by atoms with Crippen LogP contribution >= 0.6 is 11.3 Å². The first-order chi connectivity index (χ1) is 19.7. The Bertz CT molecular complexity index is 1730. The van der Waals surface area contributed by atoms with Crippen molar-refractivity contribution in [3.05, 3.63) is 70.9 Å². The van der Waals surface area contributed by atoms with E-state index in [1.807, 2.05) is 5.32 Å². The van der Waals surface area contributed by atoms with Crippen LogP contribution in [-0.2, 0) is 15.8 Å². The van der Waals surface area contributed by atoms with Gasteiger partial charge in [0.1, 0.15) is 41.5 Å². The molecule has 3 heterocycles. The number of hydrogen-bond acceptors (Lipinski definition) is 8. The third kappa shape index (κ3) is 4.65. The smallest absolute Gasteiger partial charge is 0.424 e. The second-order valence-electron chi connectivity index (χ2n) is 9.51. The molecule has 9 nitrogen and oxygen atoms in total. The van der Waals surface area contributed by atoms with E-state index in [1.165, 1.54) is 0 Å². The van der Waals surface area contributed by atoms with E-state index in [-0.39, 0.29) is 37.9 Å². The summed E-state index contributed by atoms with van der Waals surface area (Å²) in [6, 6.07) is 6.78. The van der Waals surface area contributed by atoms with Crippen LogP contribution in [0.3, 0.4) is 0 Å². The number of rotatable bonds is 7. The monoisotopic (exact) mass is 611 g/mol. The number of nitrogen functional groups attached to an aromatic ring is 1. The van der Waals surface area contributed by atoms with E-state index in [1.54, 1.807) is 0 Å². The first-order valence-electron chi connectivity index (χ1n) is 11.9. The third-order valence-corrected chi connectivity index (χ3v) is 7.73. The minimum Gasteiger partial charge on any atom is -0.489 e. The maximum absolute atomic E-state index is 14.5. The Labute approximate surface area is 236 Å². The number of thiazole rings is 1. The molecule has 0 spiro atoms. The first kappa shape index (κ1) is 29.1. The zero-order valence-electron chi connectivity index (χ0n) is 21.1. The van der Waals surface area contributed by atoms with Gasteiger partial charge in [-0.1, -0.05) is 11.3 Å². The molecule has 2 aromatic heterocycles. The van der Waals surface area contributed by atoms with Gasteiger partial charge in [0.2, 0.25) is 11.5 Å². The van der Waals surface area contributed by atoms with Crippen molar-refractivity contribution in [2.45, 2.75) is 17.2 Å². The molecule has 5 rings (SSSR count). The first-order valence-corrected chi connectivity index (χ1v) is 12.8. The molecule has 6 N–H and O–H groups in total. The average Bonchev–Trinajstić information content (AvgIpc) is 3.51. The highest BCUT2D eigenvalue weighted by Crippen LogP contribution is 2.48. The number of nitrogens with two attached hydrogens (primary N) is 2. The molecule has 0 saturated carbocycles. The fourth-order valence-corrected chi connectivity index (χ4v) is 5.27. The van der Waals surface area contributed by atoms with Crippen molar-refractivity contribution in [2.75, 3.05) is 25.6 Å². The van der Waals surface area contributed by atoms with E-state index in [9.17, 15) is 41.0 Å². The summed E-state index contributed by atoms with van der Waals surface area (Å²) in [4.78, 5) is 32.8. The predicted octanol–water partition coefficient (Wildman–Crippen LogP) is 3.48. The number of nitrogens with zero attached hydrogens (tertiary/aromatic N) is 2. The van der Waals surface area contributed by atoms with Gasteiger partial charge in [0.05, 0.1) is 16.9 Å². The lowest BCUT2D eigenvalue weighted by molar-refractivity contribution is -0.265. The van der Waals surface area contributed by atoms with Gasteiger partial charge < -0.3 is 26.6 Å². The molecule has 0 saturated heterocycles. The fourth-order valence-electron chi connectivity index (χ4n) is 4.49. The van der Waals surface area contributed by atoms with E-state index in [2.05, 4.69) is 9.97 Å². The van der Waals surface area contributed by atoms with Crippen LogP contribution in [0.5, 0.6) is 5.75 Å². The summed E-state index contributed by atoms with van der Waals surface area (Å²) in [6.45, 7) is -3.67. The van der Waals surface area contributed by atoms with Crippen LogP contribution in [0.2, 0.25) is 0 Å². The highest BCUT2D eigenvalue weighted by Gasteiger charge is 2.58. The Kier molecular flexibility index (Phi) is 7.01. The van der Waals surface area contributed by atoms with Crippen molar-refractivity contribution in [3.63, 3.8) is 0 Å². The number of carbonyl (C=O) groups is 2. The van der Waals surface area contributed by atoms with Crippen molar-refractivity contribution in [2.24, 2.45) is 5.73 Å². The number of nitrogens with one attached hydrogen (secondary N) is 1. The van der Waals surface area contributed by atoms with Gasteiger partial charge in [0.15, 0.2) is 10.9 Å². The molecule has 0 fully saturated rings. The Hall–Kier alpha value is -4.44. The number of hydrogen-bond donors (Lipinski definition) is 4. The van der Waals surface area contributed by atoms with Crippen molar-refractivity contribution < 1.29 is 45.8 Å². The minimum atomic E-state index is -5.51. The van der Waals surface area contributed by atoms with Gasteiger partial charge in [-0.05, 0) is 42.5 Å². The van der Waals surface area contributed by atoms with E-state index >= 15 is 0 Å². The largest absolute Gasteiger partial charge is 0.489 e. The summed E-state index contributed by atoms with van der Waals surface area (Å²) in [7, 11) is 0. The molecule has 4 aromatic rings. The number of primary amides is 1. The number of anilines is 1. The predicted molar refractivity (Wildman–Crippen MR) is 138 cm³/mol. The Morgan fingerprint density at radius 1 is 1.12 bits per heavy atom. The molecule has 1 aliphatic rings. The van der Waals surface area contributed by atoms with Crippen molar-refractivity contribution in [1.82, 2.24) is 15.3 Å². The number of alkyl halides is 4. The van der Waals surface area contributed by atoms with Crippen molar-refractivity contribution in [1.29, 1.82) is 0 Å². The number of carbonyl (C=O) groups excluding carboxylic acids is 2. The van der Waals surface area contributed by atoms with E-state index < -0.39 is 71.7 Å². The van der Waals surface area contributed by atoms with Crippen LogP contribution in [0.25, 0.3) is 21.5 Å². The molecule has 0 aliphatic carbocycles. The Morgan fingerprint density at radius 3 is 2.43 bits per heavy atom. The van der Waals surface area contributed by atoms with Gasteiger partial charge in [-0.3, -0.25) is 9.59 Å². The van der Waals surface area contributed by atoms with Gasteiger partial charge in [-0.2, -0.15) is 13.2 Å². The number of amides is 2. The number of aromatic nitrogens is 2. The number of benzene rings is 2. The highest BCUT2D eigenvalue weighted by molar-refractivity contribution is 7.22. The number of halogens is 6. The number of ether oxygens (including phenoxy) is 1. The third-order valence-electron chi connectivity index (χ3n) is 6.89. The summed E-state index contributed by atoms with van der Waals surface area (Å²) < 4.78 is 91.5. The average molecular weight is 612 g/mol. The molecule has 0 radical (unpaired) electrons. The quantitative estimate of drug-likeness (QED) is 0.234. The van der Waals surface area contributed by atoms with Crippen LogP contribution in [0, 0.1) is 11.6 Å². The zero-order valence-corrected chi connectivity index (χ0v) is 21.9. The van der Waals surface area contributed by atoms with Gasteiger partial charge in [-0.15, -0.1) is 0 Å². The maximum Gasteiger partial charge on any atom is 0.424 e. The molecule has 1 unspecified atom stereocenters. The Balaban J connectivity index is 1.61. The number of pyridine rings is 1. The SMILES string of the molecule is NC(=O)[C@@]1(CF)COc2c1cc(C(O)(CNC(=O)c1cc(F)c3nc(N)sc3c1)C(F)(F)F)nc2-c1ccc(F)cc1. The van der Waals surface area contributed by atoms with Crippen molar-refractivity contribution in [3.8, 4) is 17.0 Å². The van der Waals surface area contributed by atoms with Gasteiger partial charge in [-0.25, -0.2) is 23.1 Å². The summed E-state index contributed by atoms with van der Waals surface area (Å²) in [5.74, 6) is -4.37. The van der Waals surface area contributed by atoms with Crippen LogP contribution in [0.4, 0.5) is 31.5 Å². The van der Waals surface area contributed by atoms with Crippen molar-refractivity contribution >= 4 is 38.5 Å². The molecule has 1 aliphatic heterocycles. The zero-order chi connectivity index (χ0) is 30.6. The lowest BCUT2D eigenvalue weighted by Crippen LogP contribution is -2.52. The number of aliphatic hydroxyl groups is 1. The second kappa shape index (κ2) is 10.1. The van der Waals surface area contributed by atoms with Gasteiger partial charge in [0, 0.05) is 16.7 Å². The van der Waals surface area contributed by atoms with Gasteiger partial charge in [0.25, 0.3) is 5.91 Å². The van der Waals surface area contributed by atoms with E-state index in [0.29, 0.717) is 6.07 Å². The normalized spacial score (nSPS) is 17.9. The molecule has 42 heavy (non-hydrogen) atoms. The molecule has 16 heteroatoms. The molecule has 2 amide bonds. The van der Waals surface area contributed by atoms with E-state index in [0.717, 1.165) is 47.7 Å². The summed E-state index contributed by atoms with van der Waals surface area (Å²) in [5, 5.41) is 13.0. The van der Waals surface area contributed by atoms with E-state index in [4.69, 9.17) is 16.2 Å². The lowest BCUT2D eigenvalue weighted by Gasteiger charge is -2.31. The lowest BCUT2D eigenvalue weighted by atomic mass is 9.81. The fraction of sp³-hybridized carbons (Fsp3) is 0.231. The topological polar surface area (TPSA) is 153 Å². The van der Waals surface area contributed by atoms with Crippen LogP contribution in [0.1, 0.15) is 21.6 Å². The highest BCUT2D eigenvalue weighted by atomic mass is 32.1. The number of fused-ring (bicyclic) bond motifs is 2.